The molecule has 0 saturated carbocycles. The van der Waals surface area contributed by atoms with Gasteiger partial charge in [0.1, 0.15) is 16.0 Å². The third-order valence-electron chi connectivity index (χ3n) is 4.03. The summed E-state index contributed by atoms with van der Waals surface area (Å²) in [6, 6.07) is 1.80. The van der Waals surface area contributed by atoms with E-state index >= 15 is 0 Å². The molecular formula is C14H15FN2O2S. The Morgan fingerprint density at radius 2 is 2.25 bits per heavy atom. The molecule has 1 aliphatic rings. The molecule has 1 aliphatic carbocycles. The first-order valence-corrected chi connectivity index (χ1v) is 7.42. The van der Waals surface area contributed by atoms with Crippen molar-refractivity contribution in [1.82, 2.24) is 9.97 Å². The fourth-order valence-corrected chi connectivity index (χ4v) is 3.41. The first-order valence-electron chi connectivity index (χ1n) is 6.60. The van der Waals surface area contributed by atoms with Crippen LogP contribution >= 0.6 is 11.3 Å². The Hall–Kier alpha value is -1.56. The average Bonchev–Trinajstić information content (AvgIpc) is 2.78. The summed E-state index contributed by atoms with van der Waals surface area (Å²) in [4.78, 5) is 20.1. The highest BCUT2D eigenvalue weighted by molar-refractivity contribution is 7.19. The minimum atomic E-state index is -1.20. The number of rotatable bonds is 2. The monoisotopic (exact) mass is 294 g/mol. The van der Waals surface area contributed by atoms with Crippen LogP contribution < -0.4 is 0 Å². The van der Waals surface area contributed by atoms with Gasteiger partial charge in [-0.2, -0.15) is 0 Å². The predicted octanol–water partition coefficient (Wildman–Crippen LogP) is 3.24. The van der Waals surface area contributed by atoms with E-state index in [4.69, 9.17) is 5.11 Å². The van der Waals surface area contributed by atoms with Gasteiger partial charge in [-0.15, -0.1) is 0 Å². The van der Waals surface area contributed by atoms with Crippen molar-refractivity contribution in [3.63, 3.8) is 0 Å². The van der Waals surface area contributed by atoms with Gasteiger partial charge in [0.2, 0.25) is 5.01 Å². The molecule has 2 aromatic rings. The molecule has 0 spiro atoms. The quantitative estimate of drug-likeness (QED) is 0.923. The van der Waals surface area contributed by atoms with Gasteiger partial charge in [-0.05, 0) is 30.4 Å². The fraction of sp³-hybridized carbons (Fsp3) is 0.500. The number of aryl methyl sites for hydroxylation is 1. The molecule has 0 amide bonds. The van der Waals surface area contributed by atoms with Gasteiger partial charge in [0.15, 0.2) is 0 Å². The number of fused-ring (bicyclic) bond motifs is 2. The number of aromatic carboxylic acids is 1. The van der Waals surface area contributed by atoms with Gasteiger partial charge < -0.3 is 5.11 Å². The highest BCUT2D eigenvalue weighted by atomic mass is 32.1. The van der Waals surface area contributed by atoms with Crippen molar-refractivity contribution in [3.05, 3.63) is 22.3 Å². The number of carbonyl (C=O) groups is 1. The van der Waals surface area contributed by atoms with Gasteiger partial charge in [-0.3, -0.25) is 0 Å². The first-order chi connectivity index (χ1) is 9.39. The molecule has 1 atom stereocenters. The molecule has 2 aromatic heterocycles. The van der Waals surface area contributed by atoms with Crippen LogP contribution in [0, 0.1) is 5.92 Å². The maximum Gasteiger partial charge on any atom is 0.365 e. The molecule has 20 heavy (non-hydrogen) atoms. The summed E-state index contributed by atoms with van der Waals surface area (Å²) in [5.41, 5.74) is 1.10. The molecule has 3 rings (SSSR count). The Morgan fingerprint density at radius 1 is 1.50 bits per heavy atom. The van der Waals surface area contributed by atoms with Gasteiger partial charge in [0, 0.05) is 12.1 Å². The van der Waals surface area contributed by atoms with Gasteiger partial charge >= 0.3 is 5.97 Å². The van der Waals surface area contributed by atoms with Crippen LogP contribution in [0.1, 0.15) is 41.3 Å². The molecule has 6 heteroatoms. The third kappa shape index (κ3) is 2.08. The molecule has 2 heterocycles. The zero-order valence-corrected chi connectivity index (χ0v) is 12.1. The number of nitrogens with zero attached hydrogens (tertiary/aromatic N) is 2. The van der Waals surface area contributed by atoms with E-state index in [1.807, 2.05) is 13.8 Å². The Bertz CT molecular complexity index is 698. The summed E-state index contributed by atoms with van der Waals surface area (Å²) in [5.74, 6) is -1.09. The minimum absolute atomic E-state index is 0.0326. The zero-order chi connectivity index (χ0) is 14.5. The second-order valence-corrected chi connectivity index (χ2v) is 6.59. The molecule has 4 nitrogen and oxygen atoms in total. The summed E-state index contributed by atoms with van der Waals surface area (Å²) < 4.78 is 14.8. The highest BCUT2D eigenvalue weighted by Gasteiger charge is 2.38. The Kier molecular flexibility index (Phi) is 3.01. The smallest absolute Gasteiger partial charge is 0.365 e. The summed E-state index contributed by atoms with van der Waals surface area (Å²) in [6.07, 6.45) is 1.41. The molecule has 0 aliphatic heterocycles. The molecule has 0 bridgehead atoms. The van der Waals surface area contributed by atoms with E-state index in [-0.39, 0.29) is 10.9 Å². The van der Waals surface area contributed by atoms with E-state index in [0.29, 0.717) is 29.6 Å². The van der Waals surface area contributed by atoms with Crippen molar-refractivity contribution in [2.24, 2.45) is 5.92 Å². The minimum Gasteiger partial charge on any atom is -0.476 e. The molecule has 106 valence electrons. The molecule has 0 fully saturated rings. The summed E-state index contributed by atoms with van der Waals surface area (Å²) in [6.45, 7) is 3.78. The Labute approximate surface area is 119 Å². The van der Waals surface area contributed by atoms with Crippen LogP contribution in [0.25, 0.3) is 10.3 Å². The number of carboxylic acid groups (broad SMARTS) is 1. The van der Waals surface area contributed by atoms with Gasteiger partial charge in [-0.1, -0.05) is 25.2 Å². The predicted molar refractivity (Wildman–Crippen MR) is 75.1 cm³/mol. The lowest BCUT2D eigenvalue weighted by atomic mass is 9.77. The zero-order valence-electron chi connectivity index (χ0n) is 11.3. The number of carboxylic acids is 1. The number of thiazole rings is 1. The molecule has 1 N–H and O–H groups in total. The van der Waals surface area contributed by atoms with Crippen LogP contribution in [0.5, 0.6) is 0 Å². The van der Waals surface area contributed by atoms with Gasteiger partial charge in [-0.25, -0.2) is 19.2 Å². The molecule has 0 radical (unpaired) electrons. The van der Waals surface area contributed by atoms with Crippen molar-refractivity contribution < 1.29 is 14.3 Å². The molecule has 0 aromatic carbocycles. The average molecular weight is 294 g/mol. The summed E-state index contributed by atoms with van der Waals surface area (Å²) >= 11 is 1.07. The van der Waals surface area contributed by atoms with Crippen molar-refractivity contribution in [3.8, 4) is 0 Å². The fourth-order valence-electron chi connectivity index (χ4n) is 2.63. The topological polar surface area (TPSA) is 63.1 Å². The number of pyridine rings is 1. The van der Waals surface area contributed by atoms with Crippen molar-refractivity contribution in [2.45, 2.75) is 38.8 Å². The van der Waals surface area contributed by atoms with E-state index in [2.05, 4.69) is 9.97 Å². The van der Waals surface area contributed by atoms with Crippen LogP contribution in [0.3, 0.4) is 0 Å². The van der Waals surface area contributed by atoms with E-state index in [9.17, 15) is 9.18 Å². The number of hydrogen-bond acceptors (Lipinski definition) is 4. The van der Waals surface area contributed by atoms with Gasteiger partial charge in [0.25, 0.3) is 0 Å². The largest absolute Gasteiger partial charge is 0.476 e. The lowest BCUT2D eigenvalue weighted by Crippen LogP contribution is -2.36. The maximum atomic E-state index is 14.8. The number of hydrogen-bond donors (Lipinski definition) is 1. The van der Waals surface area contributed by atoms with E-state index in [0.717, 1.165) is 22.6 Å². The lowest BCUT2D eigenvalue weighted by molar-refractivity contribution is 0.0696. The standard InChI is InChI=1S/C14H15FN2O2S/c1-7(2)14(15)4-3-9-8(6-14)5-10-11(16-9)20-12(17-10)13(18)19/h5,7H,3-4,6H2,1-2H3,(H,18,19). The SMILES string of the molecule is CC(C)C1(F)CCc2nc3sc(C(=O)O)nc3cc2C1. The van der Waals surface area contributed by atoms with Crippen LogP contribution in [0.15, 0.2) is 6.07 Å². The second kappa shape index (κ2) is 4.48. The lowest BCUT2D eigenvalue weighted by Gasteiger charge is -2.33. The first kappa shape index (κ1) is 13.4. The summed E-state index contributed by atoms with van der Waals surface area (Å²) in [5, 5.41) is 9.00. The van der Waals surface area contributed by atoms with E-state index in [1.165, 1.54) is 0 Å². The highest BCUT2D eigenvalue weighted by Crippen LogP contribution is 2.38. The molecule has 1 unspecified atom stereocenters. The summed E-state index contributed by atoms with van der Waals surface area (Å²) in [7, 11) is 0. The van der Waals surface area contributed by atoms with E-state index < -0.39 is 11.6 Å². The van der Waals surface area contributed by atoms with Gasteiger partial charge in [0.05, 0.1) is 0 Å². The molecule has 0 saturated heterocycles. The number of halogens is 1. The number of alkyl halides is 1. The van der Waals surface area contributed by atoms with Crippen LogP contribution in [0.2, 0.25) is 0 Å². The normalized spacial score (nSPS) is 22.2. The van der Waals surface area contributed by atoms with Crippen molar-refractivity contribution in [2.75, 3.05) is 0 Å². The number of aromatic nitrogens is 2. The Morgan fingerprint density at radius 3 is 2.90 bits per heavy atom. The van der Waals surface area contributed by atoms with Crippen LogP contribution in [-0.4, -0.2) is 26.7 Å². The van der Waals surface area contributed by atoms with Crippen molar-refractivity contribution >= 4 is 27.7 Å². The second-order valence-electron chi connectivity index (χ2n) is 5.61. The molecular weight excluding hydrogens is 279 g/mol. The van der Waals surface area contributed by atoms with E-state index in [1.54, 1.807) is 6.07 Å². The maximum absolute atomic E-state index is 14.8. The Balaban J connectivity index is 2.06. The third-order valence-corrected chi connectivity index (χ3v) is 4.99. The van der Waals surface area contributed by atoms with Crippen molar-refractivity contribution in [1.29, 1.82) is 0 Å². The van der Waals surface area contributed by atoms with Crippen LogP contribution in [-0.2, 0) is 12.8 Å². The van der Waals surface area contributed by atoms with Crippen LogP contribution in [0.4, 0.5) is 4.39 Å².